The number of nitrogen functional groups attached to an aromatic ring is 1. The molecule has 72 valence electrons. The van der Waals surface area contributed by atoms with Crippen molar-refractivity contribution in [2.24, 2.45) is 5.73 Å². The van der Waals surface area contributed by atoms with E-state index in [1.807, 2.05) is 6.92 Å². The Labute approximate surface area is 79.7 Å². The number of carbonyl (C=O) groups is 1. The van der Waals surface area contributed by atoms with Crippen molar-refractivity contribution in [1.29, 1.82) is 0 Å². The molecule has 1 amide bonds. The van der Waals surface area contributed by atoms with Crippen LogP contribution in [0.2, 0.25) is 0 Å². The lowest BCUT2D eigenvalue weighted by Gasteiger charge is -1.90. The molecule has 0 saturated carbocycles. The van der Waals surface area contributed by atoms with Gasteiger partial charge in [-0.15, -0.1) is 0 Å². The molecule has 5 heteroatoms. The van der Waals surface area contributed by atoms with Crippen LogP contribution in [-0.2, 0) is 0 Å². The summed E-state index contributed by atoms with van der Waals surface area (Å²) in [7, 11) is 0. The largest absolute Gasteiger partial charge is 0.430 e. The van der Waals surface area contributed by atoms with Gasteiger partial charge >= 0.3 is 0 Å². The molecule has 0 aliphatic rings. The summed E-state index contributed by atoms with van der Waals surface area (Å²) in [4.78, 5) is 15.0. The third-order valence-corrected chi connectivity index (χ3v) is 1.96. The van der Waals surface area contributed by atoms with Crippen molar-refractivity contribution in [3.63, 3.8) is 0 Å². The minimum Gasteiger partial charge on any atom is -0.430 e. The average Bonchev–Trinajstić information content (AvgIpc) is 2.43. The normalized spacial score (nSPS) is 10.6. The minimum atomic E-state index is -0.682. The van der Waals surface area contributed by atoms with Crippen LogP contribution in [0.4, 0.5) is 5.69 Å². The second kappa shape index (κ2) is 2.73. The molecule has 0 aliphatic carbocycles. The Bertz CT molecular complexity index is 516. The molecule has 0 bridgehead atoms. The monoisotopic (exact) mass is 191 g/mol. The molecule has 0 aromatic carbocycles. The summed E-state index contributed by atoms with van der Waals surface area (Å²) in [5.41, 5.74) is 12.1. The van der Waals surface area contributed by atoms with E-state index in [0.717, 1.165) is 5.69 Å². The van der Waals surface area contributed by atoms with E-state index in [1.54, 1.807) is 12.1 Å². The number of furan rings is 1. The van der Waals surface area contributed by atoms with Gasteiger partial charge in [-0.2, -0.15) is 0 Å². The molecular formula is C9H9N3O2. The minimum absolute atomic E-state index is 0.0295. The van der Waals surface area contributed by atoms with E-state index in [4.69, 9.17) is 15.9 Å². The summed E-state index contributed by atoms with van der Waals surface area (Å²) in [5, 5.41) is 0.615. The summed E-state index contributed by atoms with van der Waals surface area (Å²) >= 11 is 0. The highest BCUT2D eigenvalue weighted by Gasteiger charge is 2.16. The number of rotatable bonds is 1. The number of aromatic nitrogens is 1. The number of nitrogens with zero attached hydrogens (tertiary/aromatic N) is 1. The van der Waals surface area contributed by atoms with Gasteiger partial charge in [-0.3, -0.25) is 4.79 Å². The quantitative estimate of drug-likeness (QED) is 0.697. The van der Waals surface area contributed by atoms with E-state index in [1.165, 1.54) is 0 Å². The van der Waals surface area contributed by atoms with Gasteiger partial charge in [0.15, 0.2) is 0 Å². The molecule has 4 N–H and O–H groups in total. The van der Waals surface area contributed by atoms with Crippen molar-refractivity contribution in [3.05, 3.63) is 23.6 Å². The molecule has 2 rings (SSSR count). The smallest absolute Gasteiger partial charge is 0.286 e. The van der Waals surface area contributed by atoms with Gasteiger partial charge in [-0.25, -0.2) is 4.98 Å². The van der Waals surface area contributed by atoms with Crippen LogP contribution in [0.3, 0.4) is 0 Å². The maximum atomic E-state index is 10.9. The fourth-order valence-electron chi connectivity index (χ4n) is 1.27. The highest BCUT2D eigenvalue weighted by molar-refractivity contribution is 6.03. The molecule has 0 aliphatic heterocycles. The Hall–Kier alpha value is -2.04. The molecular weight excluding hydrogens is 182 g/mol. The van der Waals surface area contributed by atoms with Gasteiger partial charge in [-0.05, 0) is 19.1 Å². The topological polar surface area (TPSA) is 95.1 Å². The first kappa shape index (κ1) is 8.55. The number of nitrogens with two attached hydrogens (primary N) is 2. The van der Waals surface area contributed by atoms with Crippen molar-refractivity contribution in [3.8, 4) is 0 Å². The van der Waals surface area contributed by atoms with Crippen LogP contribution in [0, 0.1) is 6.92 Å². The number of anilines is 1. The van der Waals surface area contributed by atoms with E-state index >= 15 is 0 Å². The number of primary amides is 1. The first-order valence-corrected chi connectivity index (χ1v) is 4.05. The maximum absolute atomic E-state index is 10.9. The van der Waals surface area contributed by atoms with Crippen LogP contribution < -0.4 is 11.5 Å². The van der Waals surface area contributed by atoms with E-state index in [2.05, 4.69) is 4.98 Å². The molecule has 0 radical (unpaired) electrons. The van der Waals surface area contributed by atoms with Gasteiger partial charge in [0, 0.05) is 5.69 Å². The maximum Gasteiger partial charge on any atom is 0.286 e. The molecule has 2 heterocycles. The van der Waals surface area contributed by atoms with Gasteiger partial charge in [-0.1, -0.05) is 0 Å². The molecule has 0 saturated heterocycles. The van der Waals surface area contributed by atoms with Crippen molar-refractivity contribution in [2.75, 3.05) is 5.73 Å². The number of fused-ring (bicyclic) bond motifs is 1. The Balaban J connectivity index is 2.79. The second-order valence-electron chi connectivity index (χ2n) is 3.01. The Morgan fingerprint density at radius 3 is 2.86 bits per heavy atom. The summed E-state index contributed by atoms with van der Waals surface area (Å²) in [6.07, 6.45) is 0. The predicted octanol–water partition coefficient (Wildman–Crippen LogP) is 0.817. The summed E-state index contributed by atoms with van der Waals surface area (Å²) in [6, 6.07) is 3.54. The molecule has 2 aromatic heterocycles. The zero-order chi connectivity index (χ0) is 10.3. The molecule has 0 spiro atoms. The molecule has 0 fully saturated rings. The predicted molar refractivity (Wildman–Crippen MR) is 51.7 cm³/mol. The van der Waals surface area contributed by atoms with Crippen LogP contribution >= 0.6 is 0 Å². The van der Waals surface area contributed by atoms with E-state index in [-0.39, 0.29) is 11.4 Å². The zero-order valence-corrected chi connectivity index (χ0v) is 7.57. The Kier molecular flexibility index (Phi) is 1.67. The number of aryl methyl sites for hydroxylation is 1. The standard InChI is InChI=1S/C9H9N3O2/c1-4-2-3-5-6(10)7(8(11)13)14-9(5)12-4/h2-3H,10H2,1H3,(H2,11,13). The molecule has 14 heavy (non-hydrogen) atoms. The van der Waals surface area contributed by atoms with Crippen LogP contribution in [0.15, 0.2) is 16.5 Å². The summed E-state index contributed by atoms with van der Waals surface area (Å²) in [6.45, 7) is 1.82. The highest BCUT2D eigenvalue weighted by Crippen LogP contribution is 2.26. The summed E-state index contributed by atoms with van der Waals surface area (Å²) in [5.74, 6) is -0.712. The molecule has 5 nitrogen and oxygen atoms in total. The van der Waals surface area contributed by atoms with Gasteiger partial charge in [0.05, 0.1) is 11.1 Å². The fraction of sp³-hybridized carbons (Fsp3) is 0.111. The third kappa shape index (κ3) is 1.10. The van der Waals surface area contributed by atoms with Crippen LogP contribution in [0.25, 0.3) is 11.1 Å². The first-order valence-electron chi connectivity index (χ1n) is 4.05. The third-order valence-electron chi connectivity index (χ3n) is 1.96. The van der Waals surface area contributed by atoms with Gasteiger partial charge < -0.3 is 15.9 Å². The number of amides is 1. The molecule has 0 atom stereocenters. The molecule has 2 aromatic rings. The van der Waals surface area contributed by atoms with Crippen LogP contribution in [0.5, 0.6) is 0 Å². The first-order chi connectivity index (χ1) is 6.59. The van der Waals surface area contributed by atoms with E-state index in [0.29, 0.717) is 11.1 Å². The van der Waals surface area contributed by atoms with Crippen molar-refractivity contribution in [1.82, 2.24) is 4.98 Å². The SMILES string of the molecule is Cc1ccc2c(N)c(C(N)=O)oc2n1. The van der Waals surface area contributed by atoms with Crippen molar-refractivity contribution in [2.45, 2.75) is 6.92 Å². The van der Waals surface area contributed by atoms with E-state index < -0.39 is 5.91 Å². The Morgan fingerprint density at radius 2 is 2.21 bits per heavy atom. The number of hydrogen-bond donors (Lipinski definition) is 2. The Morgan fingerprint density at radius 1 is 1.50 bits per heavy atom. The number of carbonyl (C=O) groups excluding carboxylic acids is 1. The van der Waals surface area contributed by atoms with Crippen LogP contribution in [-0.4, -0.2) is 10.9 Å². The lowest BCUT2D eigenvalue weighted by Crippen LogP contribution is -2.11. The lowest BCUT2D eigenvalue weighted by molar-refractivity contribution is 0.0977. The second-order valence-corrected chi connectivity index (χ2v) is 3.01. The van der Waals surface area contributed by atoms with Crippen molar-refractivity contribution >= 4 is 22.7 Å². The van der Waals surface area contributed by atoms with E-state index in [9.17, 15) is 4.79 Å². The average molecular weight is 191 g/mol. The highest BCUT2D eigenvalue weighted by atomic mass is 16.4. The zero-order valence-electron chi connectivity index (χ0n) is 7.57. The van der Waals surface area contributed by atoms with Gasteiger partial charge in [0.2, 0.25) is 11.5 Å². The number of hydrogen-bond acceptors (Lipinski definition) is 4. The summed E-state index contributed by atoms with van der Waals surface area (Å²) < 4.78 is 5.13. The lowest BCUT2D eigenvalue weighted by atomic mass is 10.2. The van der Waals surface area contributed by atoms with Gasteiger partial charge in [0.25, 0.3) is 5.91 Å². The van der Waals surface area contributed by atoms with Gasteiger partial charge in [0.1, 0.15) is 0 Å². The molecule has 0 unspecified atom stereocenters. The van der Waals surface area contributed by atoms with Crippen molar-refractivity contribution < 1.29 is 9.21 Å². The number of pyridine rings is 1. The van der Waals surface area contributed by atoms with Crippen LogP contribution in [0.1, 0.15) is 16.2 Å². The fourth-order valence-corrected chi connectivity index (χ4v) is 1.27.